The van der Waals surface area contributed by atoms with Gasteiger partial charge in [0, 0.05) is 23.5 Å². The predicted molar refractivity (Wildman–Crippen MR) is 82.0 cm³/mol. The lowest BCUT2D eigenvalue weighted by molar-refractivity contribution is 0.0984. The Kier molecular flexibility index (Phi) is 3.37. The summed E-state index contributed by atoms with van der Waals surface area (Å²) in [4.78, 5) is 14.3. The highest BCUT2D eigenvalue weighted by molar-refractivity contribution is 6.06. The summed E-state index contributed by atoms with van der Waals surface area (Å²) in [5.41, 5.74) is 9.36. The maximum Gasteiger partial charge on any atom is 0.258 e. The van der Waals surface area contributed by atoms with Gasteiger partial charge >= 0.3 is 0 Å². The second-order valence-corrected chi connectivity index (χ2v) is 5.41. The summed E-state index contributed by atoms with van der Waals surface area (Å²) in [5, 5.41) is 0. The van der Waals surface area contributed by atoms with Gasteiger partial charge < -0.3 is 10.6 Å². The Bertz CT molecular complexity index is 712. The van der Waals surface area contributed by atoms with E-state index in [9.17, 15) is 9.18 Å². The summed E-state index contributed by atoms with van der Waals surface area (Å²) in [7, 11) is 0. The average Bonchev–Trinajstić information content (AvgIpc) is 2.48. The smallest absolute Gasteiger partial charge is 0.258 e. The number of rotatable bonds is 1. The Balaban J connectivity index is 1.98. The van der Waals surface area contributed by atoms with Crippen LogP contribution >= 0.6 is 0 Å². The summed E-state index contributed by atoms with van der Waals surface area (Å²) in [6.07, 6.45) is 1.79. The number of hydrogen-bond donors (Lipinski definition) is 1. The Labute approximate surface area is 123 Å². The van der Waals surface area contributed by atoms with E-state index in [0.29, 0.717) is 23.4 Å². The monoisotopic (exact) mass is 284 g/mol. The van der Waals surface area contributed by atoms with Crippen LogP contribution in [0.4, 0.5) is 15.8 Å². The van der Waals surface area contributed by atoms with Crippen molar-refractivity contribution in [3.63, 3.8) is 0 Å². The maximum atomic E-state index is 13.7. The van der Waals surface area contributed by atoms with Crippen molar-refractivity contribution in [2.24, 2.45) is 0 Å². The third-order valence-electron chi connectivity index (χ3n) is 3.89. The van der Waals surface area contributed by atoms with Crippen molar-refractivity contribution in [1.29, 1.82) is 0 Å². The molecule has 3 rings (SSSR count). The summed E-state index contributed by atoms with van der Waals surface area (Å²) >= 11 is 0. The van der Waals surface area contributed by atoms with E-state index in [0.717, 1.165) is 24.1 Å². The predicted octanol–water partition coefficient (Wildman–Crippen LogP) is 3.31. The molecule has 0 fully saturated rings. The Morgan fingerprint density at radius 3 is 2.81 bits per heavy atom. The van der Waals surface area contributed by atoms with Crippen molar-refractivity contribution in [3.05, 3.63) is 58.9 Å². The minimum absolute atomic E-state index is 0.167. The lowest BCUT2D eigenvalue weighted by Crippen LogP contribution is -2.35. The van der Waals surface area contributed by atoms with E-state index in [-0.39, 0.29) is 11.7 Å². The number of benzene rings is 2. The van der Waals surface area contributed by atoms with Gasteiger partial charge in [-0.25, -0.2) is 4.39 Å². The Hall–Kier alpha value is -2.36. The average molecular weight is 284 g/mol. The van der Waals surface area contributed by atoms with Crippen molar-refractivity contribution >= 4 is 17.3 Å². The standard InChI is InChI=1S/C17H17FN2O/c1-11-4-5-13(10-15(11)18)17(21)20-8-2-3-12-9-14(19)6-7-16(12)20/h4-7,9-10H,2-3,8,19H2,1H3. The van der Waals surface area contributed by atoms with Crippen LogP contribution in [0.3, 0.4) is 0 Å². The number of nitrogen functional groups attached to an aromatic ring is 1. The molecule has 0 aliphatic carbocycles. The molecule has 0 aromatic heterocycles. The third-order valence-corrected chi connectivity index (χ3v) is 3.89. The molecule has 1 aliphatic rings. The van der Waals surface area contributed by atoms with E-state index in [4.69, 9.17) is 5.73 Å². The first-order chi connectivity index (χ1) is 10.1. The SMILES string of the molecule is Cc1ccc(C(=O)N2CCCc3cc(N)ccc32)cc1F. The van der Waals surface area contributed by atoms with Gasteiger partial charge in [-0.1, -0.05) is 6.07 Å². The topological polar surface area (TPSA) is 46.3 Å². The number of carbonyl (C=O) groups is 1. The molecule has 3 nitrogen and oxygen atoms in total. The zero-order valence-corrected chi connectivity index (χ0v) is 11.9. The first kappa shape index (κ1) is 13.6. The maximum absolute atomic E-state index is 13.7. The largest absolute Gasteiger partial charge is 0.399 e. The molecule has 2 aromatic carbocycles. The summed E-state index contributed by atoms with van der Waals surface area (Å²) < 4.78 is 13.7. The first-order valence-electron chi connectivity index (χ1n) is 7.02. The highest BCUT2D eigenvalue weighted by Gasteiger charge is 2.24. The summed E-state index contributed by atoms with van der Waals surface area (Å²) in [6.45, 7) is 2.33. The number of nitrogens with zero attached hydrogens (tertiary/aromatic N) is 1. The summed E-state index contributed by atoms with van der Waals surface area (Å²) in [6, 6.07) is 10.2. The van der Waals surface area contributed by atoms with Crippen LogP contribution in [0.5, 0.6) is 0 Å². The zero-order chi connectivity index (χ0) is 15.0. The fraction of sp³-hybridized carbons (Fsp3) is 0.235. The van der Waals surface area contributed by atoms with E-state index in [1.54, 1.807) is 30.0 Å². The third kappa shape index (κ3) is 2.49. The lowest BCUT2D eigenvalue weighted by Gasteiger charge is -2.29. The lowest BCUT2D eigenvalue weighted by atomic mass is 10.00. The number of carbonyl (C=O) groups excluding carboxylic acids is 1. The molecule has 0 unspecified atom stereocenters. The van der Waals surface area contributed by atoms with E-state index >= 15 is 0 Å². The molecule has 2 aromatic rings. The van der Waals surface area contributed by atoms with Crippen LogP contribution < -0.4 is 10.6 Å². The molecule has 0 saturated heterocycles. The molecule has 1 aliphatic heterocycles. The molecule has 0 radical (unpaired) electrons. The molecule has 21 heavy (non-hydrogen) atoms. The van der Waals surface area contributed by atoms with Gasteiger partial charge in [0.15, 0.2) is 0 Å². The van der Waals surface area contributed by atoms with Crippen LogP contribution in [-0.4, -0.2) is 12.5 Å². The molecular formula is C17H17FN2O. The molecule has 1 amide bonds. The van der Waals surface area contributed by atoms with Gasteiger partial charge in [0.25, 0.3) is 5.91 Å². The fourth-order valence-electron chi connectivity index (χ4n) is 2.71. The molecule has 0 saturated carbocycles. The molecule has 2 N–H and O–H groups in total. The fourth-order valence-corrected chi connectivity index (χ4v) is 2.71. The minimum atomic E-state index is -0.351. The Morgan fingerprint density at radius 1 is 1.24 bits per heavy atom. The molecule has 0 atom stereocenters. The molecule has 0 bridgehead atoms. The number of hydrogen-bond acceptors (Lipinski definition) is 2. The van der Waals surface area contributed by atoms with Crippen LogP contribution in [0.15, 0.2) is 36.4 Å². The minimum Gasteiger partial charge on any atom is -0.399 e. The molecule has 108 valence electrons. The van der Waals surface area contributed by atoms with Gasteiger partial charge in [0.05, 0.1) is 0 Å². The number of anilines is 2. The number of fused-ring (bicyclic) bond motifs is 1. The number of halogens is 1. The van der Waals surface area contributed by atoms with Gasteiger partial charge in [0.2, 0.25) is 0 Å². The van der Waals surface area contributed by atoms with Gasteiger partial charge in [-0.15, -0.1) is 0 Å². The van der Waals surface area contributed by atoms with Crippen LogP contribution in [-0.2, 0) is 6.42 Å². The van der Waals surface area contributed by atoms with Crippen LogP contribution in [0.1, 0.15) is 27.9 Å². The molecule has 1 heterocycles. The van der Waals surface area contributed by atoms with Crippen molar-refractivity contribution in [1.82, 2.24) is 0 Å². The van der Waals surface area contributed by atoms with E-state index in [1.807, 2.05) is 12.1 Å². The van der Waals surface area contributed by atoms with E-state index in [2.05, 4.69) is 0 Å². The quantitative estimate of drug-likeness (QED) is 0.817. The van der Waals surface area contributed by atoms with Gasteiger partial charge in [0.1, 0.15) is 5.82 Å². The number of amides is 1. The van der Waals surface area contributed by atoms with Crippen molar-refractivity contribution in [2.75, 3.05) is 17.2 Å². The highest BCUT2D eigenvalue weighted by Crippen LogP contribution is 2.30. The van der Waals surface area contributed by atoms with Gasteiger partial charge in [-0.05, 0) is 61.2 Å². The van der Waals surface area contributed by atoms with Crippen molar-refractivity contribution in [2.45, 2.75) is 19.8 Å². The molecule has 4 heteroatoms. The van der Waals surface area contributed by atoms with Gasteiger partial charge in [-0.2, -0.15) is 0 Å². The molecule has 0 spiro atoms. The second-order valence-electron chi connectivity index (χ2n) is 5.41. The second kappa shape index (κ2) is 5.20. The molecular weight excluding hydrogens is 267 g/mol. The highest BCUT2D eigenvalue weighted by atomic mass is 19.1. The zero-order valence-electron chi connectivity index (χ0n) is 11.9. The van der Waals surface area contributed by atoms with Crippen LogP contribution in [0.25, 0.3) is 0 Å². The first-order valence-corrected chi connectivity index (χ1v) is 7.02. The Morgan fingerprint density at radius 2 is 2.05 bits per heavy atom. The van der Waals surface area contributed by atoms with Crippen molar-refractivity contribution < 1.29 is 9.18 Å². The van der Waals surface area contributed by atoms with Crippen LogP contribution in [0.2, 0.25) is 0 Å². The summed E-state index contributed by atoms with van der Waals surface area (Å²) in [5.74, 6) is -0.519. The van der Waals surface area contributed by atoms with Crippen LogP contribution in [0, 0.1) is 12.7 Å². The number of aryl methyl sites for hydroxylation is 2. The van der Waals surface area contributed by atoms with E-state index in [1.165, 1.54) is 6.07 Å². The normalized spacial score (nSPS) is 13.9. The van der Waals surface area contributed by atoms with Crippen molar-refractivity contribution in [3.8, 4) is 0 Å². The number of nitrogens with two attached hydrogens (primary N) is 1. The van der Waals surface area contributed by atoms with E-state index < -0.39 is 0 Å². The van der Waals surface area contributed by atoms with Gasteiger partial charge in [-0.3, -0.25) is 4.79 Å².